The first-order valence-electron chi connectivity index (χ1n) is 6.89. The molecule has 4 nitrogen and oxygen atoms in total. The molecule has 2 aromatic rings. The van der Waals surface area contributed by atoms with Crippen LogP contribution in [-0.4, -0.2) is 23.2 Å². The van der Waals surface area contributed by atoms with Gasteiger partial charge in [-0.3, -0.25) is 0 Å². The van der Waals surface area contributed by atoms with Gasteiger partial charge in [-0.2, -0.15) is 4.98 Å². The van der Waals surface area contributed by atoms with E-state index in [4.69, 9.17) is 4.52 Å². The lowest BCUT2D eigenvalue weighted by Gasteiger charge is -2.28. The summed E-state index contributed by atoms with van der Waals surface area (Å²) in [5.74, 6) is 1.99. The monoisotopic (exact) mass is 277 g/mol. The van der Waals surface area contributed by atoms with Crippen molar-refractivity contribution in [3.8, 4) is 0 Å². The second-order valence-corrected chi connectivity index (χ2v) is 6.12. The van der Waals surface area contributed by atoms with Gasteiger partial charge in [0.1, 0.15) is 0 Å². The van der Waals surface area contributed by atoms with Crippen LogP contribution in [0.1, 0.15) is 48.2 Å². The van der Waals surface area contributed by atoms with Crippen LogP contribution in [0.25, 0.3) is 0 Å². The van der Waals surface area contributed by atoms with Crippen LogP contribution in [0.4, 0.5) is 0 Å². The van der Waals surface area contributed by atoms with E-state index in [1.54, 1.807) is 11.3 Å². The maximum Gasteiger partial charge on any atom is 0.231 e. The molecule has 2 aromatic heterocycles. The van der Waals surface area contributed by atoms with Crippen LogP contribution in [0, 0.1) is 0 Å². The Balaban J connectivity index is 1.73. The van der Waals surface area contributed by atoms with Crippen LogP contribution in [0.2, 0.25) is 0 Å². The normalized spacial score (nSPS) is 23.6. The Morgan fingerprint density at radius 3 is 3.11 bits per heavy atom. The summed E-state index contributed by atoms with van der Waals surface area (Å²) in [7, 11) is 2.02. The molecule has 102 valence electrons. The van der Waals surface area contributed by atoms with E-state index in [0.29, 0.717) is 12.0 Å². The minimum Gasteiger partial charge on any atom is -0.339 e. The zero-order valence-electron chi connectivity index (χ0n) is 11.1. The highest BCUT2D eigenvalue weighted by Gasteiger charge is 2.29. The summed E-state index contributed by atoms with van der Waals surface area (Å²) in [6.45, 7) is 0. The molecule has 5 heteroatoms. The van der Waals surface area contributed by atoms with E-state index in [2.05, 4.69) is 33.0 Å². The molecule has 0 aromatic carbocycles. The Bertz CT molecular complexity index is 509. The van der Waals surface area contributed by atoms with Gasteiger partial charge in [0.2, 0.25) is 5.89 Å². The zero-order chi connectivity index (χ0) is 13.1. The predicted molar refractivity (Wildman–Crippen MR) is 75.5 cm³/mol. The standard InChI is InChI=1S/C14H19N3OS/c1-15-12-7-3-2-6-11(12)14-16-13(17-18-14)9-10-5-4-8-19-10/h4-5,8,11-12,15H,2-3,6-7,9H2,1H3. The quantitative estimate of drug-likeness (QED) is 0.933. The maximum absolute atomic E-state index is 5.49. The average molecular weight is 277 g/mol. The minimum atomic E-state index is 0.378. The number of hydrogen-bond donors (Lipinski definition) is 1. The first-order chi connectivity index (χ1) is 9.36. The molecule has 1 saturated carbocycles. The molecule has 2 heterocycles. The highest BCUT2D eigenvalue weighted by atomic mass is 32.1. The molecule has 0 saturated heterocycles. The van der Waals surface area contributed by atoms with Crippen molar-refractivity contribution in [2.24, 2.45) is 0 Å². The summed E-state index contributed by atoms with van der Waals surface area (Å²) in [6.07, 6.45) is 5.66. The summed E-state index contributed by atoms with van der Waals surface area (Å²) in [5, 5.41) is 9.59. The van der Waals surface area contributed by atoms with Crippen LogP contribution in [0.3, 0.4) is 0 Å². The Hall–Kier alpha value is -1.20. The lowest BCUT2D eigenvalue weighted by molar-refractivity contribution is 0.269. The second-order valence-electron chi connectivity index (χ2n) is 5.09. The lowest BCUT2D eigenvalue weighted by Crippen LogP contribution is -2.34. The highest BCUT2D eigenvalue weighted by Crippen LogP contribution is 2.32. The Morgan fingerprint density at radius 1 is 1.42 bits per heavy atom. The van der Waals surface area contributed by atoms with E-state index in [0.717, 1.165) is 24.6 Å². The van der Waals surface area contributed by atoms with Gasteiger partial charge in [-0.25, -0.2) is 0 Å². The molecule has 0 radical (unpaired) electrons. The van der Waals surface area contributed by atoms with Gasteiger partial charge >= 0.3 is 0 Å². The Labute approximate surface area is 117 Å². The van der Waals surface area contributed by atoms with Crippen molar-refractivity contribution in [1.29, 1.82) is 0 Å². The average Bonchev–Trinajstić information content (AvgIpc) is 3.11. The van der Waals surface area contributed by atoms with Gasteiger partial charge in [0.25, 0.3) is 0 Å². The van der Waals surface area contributed by atoms with Gasteiger partial charge in [0, 0.05) is 17.3 Å². The first kappa shape index (κ1) is 12.8. The van der Waals surface area contributed by atoms with Gasteiger partial charge in [0.15, 0.2) is 5.82 Å². The molecule has 1 fully saturated rings. The van der Waals surface area contributed by atoms with Crippen molar-refractivity contribution in [3.63, 3.8) is 0 Å². The topological polar surface area (TPSA) is 51.0 Å². The lowest BCUT2D eigenvalue weighted by atomic mass is 9.84. The molecule has 1 N–H and O–H groups in total. The highest BCUT2D eigenvalue weighted by molar-refractivity contribution is 7.09. The Morgan fingerprint density at radius 2 is 2.32 bits per heavy atom. The van der Waals surface area contributed by atoms with E-state index in [9.17, 15) is 0 Å². The number of thiophene rings is 1. The van der Waals surface area contributed by atoms with Crippen LogP contribution in [0.15, 0.2) is 22.0 Å². The summed E-state index contributed by atoms with van der Waals surface area (Å²) < 4.78 is 5.49. The fourth-order valence-corrected chi connectivity index (χ4v) is 3.53. The minimum absolute atomic E-state index is 0.378. The van der Waals surface area contributed by atoms with E-state index in [-0.39, 0.29) is 0 Å². The third-order valence-electron chi connectivity index (χ3n) is 3.85. The van der Waals surface area contributed by atoms with E-state index >= 15 is 0 Å². The number of nitrogens with zero attached hydrogens (tertiary/aromatic N) is 2. The maximum atomic E-state index is 5.49. The summed E-state index contributed by atoms with van der Waals surface area (Å²) >= 11 is 1.73. The zero-order valence-corrected chi connectivity index (χ0v) is 11.9. The molecule has 3 rings (SSSR count). The van der Waals surface area contributed by atoms with Crippen molar-refractivity contribution in [2.45, 2.75) is 44.1 Å². The van der Waals surface area contributed by atoms with Gasteiger partial charge < -0.3 is 9.84 Å². The van der Waals surface area contributed by atoms with Gasteiger partial charge in [-0.1, -0.05) is 24.1 Å². The molecule has 2 unspecified atom stereocenters. The van der Waals surface area contributed by atoms with Crippen LogP contribution >= 0.6 is 11.3 Å². The molecular formula is C14H19N3OS. The number of nitrogens with one attached hydrogen (secondary N) is 1. The van der Waals surface area contributed by atoms with Crippen LogP contribution in [-0.2, 0) is 6.42 Å². The third kappa shape index (κ3) is 2.87. The molecule has 0 bridgehead atoms. The molecule has 1 aliphatic carbocycles. The van der Waals surface area contributed by atoms with Crippen molar-refractivity contribution in [1.82, 2.24) is 15.5 Å². The van der Waals surface area contributed by atoms with Gasteiger partial charge in [-0.05, 0) is 31.3 Å². The molecular weight excluding hydrogens is 258 g/mol. The molecule has 1 aliphatic rings. The summed E-state index contributed by atoms with van der Waals surface area (Å²) in [5.41, 5.74) is 0. The van der Waals surface area contributed by atoms with Crippen molar-refractivity contribution in [3.05, 3.63) is 34.1 Å². The SMILES string of the molecule is CNC1CCCCC1c1nc(Cc2cccs2)no1. The van der Waals surface area contributed by atoms with Crippen LogP contribution < -0.4 is 5.32 Å². The fourth-order valence-electron chi connectivity index (χ4n) is 2.83. The molecule has 0 amide bonds. The predicted octanol–water partition coefficient (Wildman–Crippen LogP) is 2.97. The van der Waals surface area contributed by atoms with Gasteiger partial charge in [-0.15, -0.1) is 11.3 Å². The van der Waals surface area contributed by atoms with E-state index in [1.807, 2.05) is 7.05 Å². The van der Waals surface area contributed by atoms with Crippen molar-refractivity contribution in [2.75, 3.05) is 7.05 Å². The Kier molecular flexibility index (Phi) is 3.94. The number of aromatic nitrogens is 2. The largest absolute Gasteiger partial charge is 0.339 e. The molecule has 0 spiro atoms. The van der Waals surface area contributed by atoms with Gasteiger partial charge in [0.05, 0.1) is 5.92 Å². The number of likely N-dealkylation sites (N-methyl/N-ethyl adjacent to an activating group) is 1. The summed E-state index contributed by atoms with van der Waals surface area (Å²) in [4.78, 5) is 5.87. The van der Waals surface area contributed by atoms with E-state index in [1.165, 1.54) is 24.1 Å². The molecule has 19 heavy (non-hydrogen) atoms. The fraction of sp³-hybridized carbons (Fsp3) is 0.571. The second kappa shape index (κ2) is 5.84. The van der Waals surface area contributed by atoms with E-state index < -0.39 is 0 Å². The molecule has 2 atom stereocenters. The number of rotatable bonds is 4. The summed E-state index contributed by atoms with van der Waals surface area (Å²) in [6, 6.07) is 4.64. The van der Waals surface area contributed by atoms with Crippen molar-refractivity contribution < 1.29 is 4.52 Å². The van der Waals surface area contributed by atoms with Crippen molar-refractivity contribution >= 4 is 11.3 Å². The third-order valence-corrected chi connectivity index (χ3v) is 4.73. The smallest absolute Gasteiger partial charge is 0.231 e. The molecule has 0 aliphatic heterocycles. The number of hydrogen-bond acceptors (Lipinski definition) is 5. The van der Waals surface area contributed by atoms with Crippen LogP contribution in [0.5, 0.6) is 0 Å². The first-order valence-corrected chi connectivity index (χ1v) is 7.77.